The van der Waals surface area contributed by atoms with Gasteiger partial charge in [0, 0.05) is 6.54 Å². The number of nitrogens with zero attached hydrogens (tertiary/aromatic N) is 2. The predicted molar refractivity (Wildman–Crippen MR) is 66.6 cm³/mol. The number of rotatable bonds is 2. The van der Waals surface area contributed by atoms with Crippen LogP contribution >= 0.6 is 0 Å². The summed E-state index contributed by atoms with van der Waals surface area (Å²) in [5, 5.41) is 14.0. The van der Waals surface area contributed by atoms with Crippen molar-refractivity contribution in [3.05, 3.63) is 24.4 Å². The molecule has 1 unspecified atom stereocenters. The first-order chi connectivity index (χ1) is 8.77. The molecule has 1 N–H and O–H groups in total. The zero-order chi connectivity index (χ0) is 12.5. The Hall–Kier alpha value is -2.04. The SMILES string of the molecule is O=C(O)C1CCCCN1c1cccc2oncc12. The van der Waals surface area contributed by atoms with Gasteiger partial charge in [-0.3, -0.25) is 0 Å². The van der Waals surface area contributed by atoms with E-state index in [9.17, 15) is 9.90 Å². The number of anilines is 1. The molecule has 5 heteroatoms. The first-order valence-electron chi connectivity index (χ1n) is 6.10. The smallest absolute Gasteiger partial charge is 0.326 e. The van der Waals surface area contributed by atoms with Crippen molar-refractivity contribution in [3.8, 4) is 0 Å². The summed E-state index contributed by atoms with van der Waals surface area (Å²) in [7, 11) is 0. The van der Waals surface area contributed by atoms with E-state index in [1.165, 1.54) is 0 Å². The summed E-state index contributed by atoms with van der Waals surface area (Å²) in [4.78, 5) is 13.3. The lowest BCUT2D eigenvalue weighted by Crippen LogP contribution is -2.44. The van der Waals surface area contributed by atoms with Crippen LogP contribution in [0, 0.1) is 0 Å². The Labute approximate surface area is 104 Å². The van der Waals surface area contributed by atoms with Crippen molar-refractivity contribution in [1.82, 2.24) is 5.16 Å². The van der Waals surface area contributed by atoms with Crippen molar-refractivity contribution >= 4 is 22.6 Å². The van der Waals surface area contributed by atoms with E-state index in [4.69, 9.17) is 4.52 Å². The molecule has 1 fully saturated rings. The molecule has 0 aliphatic carbocycles. The lowest BCUT2D eigenvalue weighted by molar-refractivity contribution is -0.139. The summed E-state index contributed by atoms with van der Waals surface area (Å²) in [5.74, 6) is -0.761. The van der Waals surface area contributed by atoms with Gasteiger partial charge in [0.1, 0.15) is 6.04 Å². The van der Waals surface area contributed by atoms with Crippen molar-refractivity contribution < 1.29 is 14.4 Å². The normalized spacial score (nSPS) is 20.2. The number of carboxylic acids is 1. The fourth-order valence-electron chi connectivity index (χ4n) is 2.60. The van der Waals surface area contributed by atoms with Crippen LogP contribution in [0.4, 0.5) is 5.69 Å². The van der Waals surface area contributed by atoms with Gasteiger partial charge in [-0.25, -0.2) is 4.79 Å². The Morgan fingerprint density at radius 3 is 3.17 bits per heavy atom. The predicted octanol–water partition coefficient (Wildman–Crippen LogP) is 2.27. The number of hydrogen-bond acceptors (Lipinski definition) is 4. The second kappa shape index (κ2) is 4.33. The molecule has 0 amide bonds. The number of carboxylic acid groups (broad SMARTS) is 1. The van der Waals surface area contributed by atoms with Crippen molar-refractivity contribution in [2.75, 3.05) is 11.4 Å². The number of carbonyl (C=O) groups is 1. The molecule has 1 aliphatic rings. The second-order valence-electron chi connectivity index (χ2n) is 4.56. The van der Waals surface area contributed by atoms with Crippen LogP contribution in [0.15, 0.2) is 28.9 Å². The van der Waals surface area contributed by atoms with Crippen LogP contribution < -0.4 is 4.90 Å². The molecule has 1 aromatic heterocycles. The number of aliphatic carboxylic acids is 1. The van der Waals surface area contributed by atoms with Crippen LogP contribution in [0.2, 0.25) is 0 Å². The standard InChI is InChI=1S/C13H14N2O3/c16-13(17)11-4-1-2-7-15(11)10-5-3-6-12-9(10)8-14-18-12/h3,5-6,8,11H,1-2,4,7H2,(H,16,17). The van der Waals surface area contributed by atoms with Gasteiger partial charge in [-0.15, -0.1) is 0 Å². The number of fused-ring (bicyclic) bond motifs is 1. The Bertz CT molecular complexity index is 578. The quantitative estimate of drug-likeness (QED) is 0.880. The third-order valence-electron chi connectivity index (χ3n) is 3.47. The van der Waals surface area contributed by atoms with Gasteiger partial charge < -0.3 is 14.5 Å². The van der Waals surface area contributed by atoms with Crippen LogP contribution in [0.3, 0.4) is 0 Å². The molecule has 94 valence electrons. The number of hydrogen-bond donors (Lipinski definition) is 1. The maximum atomic E-state index is 11.3. The van der Waals surface area contributed by atoms with E-state index < -0.39 is 12.0 Å². The van der Waals surface area contributed by atoms with E-state index >= 15 is 0 Å². The van der Waals surface area contributed by atoms with Gasteiger partial charge in [0.15, 0.2) is 5.58 Å². The summed E-state index contributed by atoms with van der Waals surface area (Å²) < 4.78 is 5.12. The molecule has 1 saturated heterocycles. The first-order valence-corrected chi connectivity index (χ1v) is 6.10. The average Bonchev–Trinajstić information content (AvgIpc) is 2.86. The zero-order valence-electron chi connectivity index (χ0n) is 9.87. The minimum Gasteiger partial charge on any atom is -0.480 e. The first kappa shape index (κ1) is 11.1. The maximum absolute atomic E-state index is 11.3. The van der Waals surface area contributed by atoms with Crippen molar-refractivity contribution in [3.63, 3.8) is 0 Å². The van der Waals surface area contributed by atoms with Crippen LogP contribution in [0.5, 0.6) is 0 Å². The molecule has 2 heterocycles. The second-order valence-corrected chi connectivity index (χ2v) is 4.56. The van der Waals surface area contributed by atoms with Gasteiger partial charge in [-0.2, -0.15) is 0 Å². The molecular formula is C13H14N2O3. The molecule has 0 radical (unpaired) electrons. The molecule has 0 bridgehead atoms. The molecule has 0 saturated carbocycles. The van der Waals surface area contributed by atoms with Gasteiger partial charge in [-0.05, 0) is 31.4 Å². The zero-order valence-corrected chi connectivity index (χ0v) is 9.87. The Morgan fingerprint density at radius 2 is 2.33 bits per heavy atom. The summed E-state index contributed by atoms with van der Waals surface area (Å²) in [6, 6.07) is 5.20. The van der Waals surface area contributed by atoms with Crippen molar-refractivity contribution in [2.45, 2.75) is 25.3 Å². The van der Waals surface area contributed by atoms with Gasteiger partial charge in [0.05, 0.1) is 17.3 Å². The molecular weight excluding hydrogens is 232 g/mol. The van der Waals surface area contributed by atoms with Crippen LogP contribution in [0.25, 0.3) is 11.0 Å². The highest BCUT2D eigenvalue weighted by Crippen LogP contribution is 2.31. The average molecular weight is 246 g/mol. The summed E-state index contributed by atoms with van der Waals surface area (Å²) in [6.45, 7) is 0.765. The van der Waals surface area contributed by atoms with E-state index in [0.29, 0.717) is 12.0 Å². The number of piperidine rings is 1. The molecule has 1 aromatic carbocycles. The molecule has 1 atom stereocenters. The summed E-state index contributed by atoms with van der Waals surface area (Å²) >= 11 is 0. The highest BCUT2D eigenvalue weighted by molar-refractivity contribution is 5.92. The van der Waals surface area contributed by atoms with Gasteiger partial charge in [0.2, 0.25) is 0 Å². The molecule has 0 spiro atoms. The third-order valence-corrected chi connectivity index (χ3v) is 3.47. The maximum Gasteiger partial charge on any atom is 0.326 e. The number of benzene rings is 1. The van der Waals surface area contributed by atoms with Crippen LogP contribution in [0.1, 0.15) is 19.3 Å². The molecule has 3 rings (SSSR count). The Kier molecular flexibility index (Phi) is 2.66. The molecule has 2 aromatic rings. The fourth-order valence-corrected chi connectivity index (χ4v) is 2.60. The minimum atomic E-state index is -0.761. The number of aromatic nitrogens is 1. The summed E-state index contributed by atoms with van der Waals surface area (Å²) in [6.07, 6.45) is 4.33. The molecule has 5 nitrogen and oxygen atoms in total. The van der Waals surface area contributed by atoms with E-state index in [1.54, 1.807) is 6.20 Å². The Balaban J connectivity index is 2.06. The fraction of sp³-hybridized carbons (Fsp3) is 0.385. The van der Waals surface area contributed by atoms with Gasteiger partial charge in [0.25, 0.3) is 0 Å². The van der Waals surface area contributed by atoms with Crippen molar-refractivity contribution in [1.29, 1.82) is 0 Å². The largest absolute Gasteiger partial charge is 0.480 e. The topological polar surface area (TPSA) is 66.6 Å². The molecule has 18 heavy (non-hydrogen) atoms. The minimum absolute atomic E-state index is 0.445. The monoisotopic (exact) mass is 246 g/mol. The molecule has 1 aliphatic heterocycles. The lowest BCUT2D eigenvalue weighted by atomic mass is 10.0. The summed E-state index contributed by atoms with van der Waals surface area (Å²) in [5.41, 5.74) is 1.60. The van der Waals surface area contributed by atoms with E-state index in [-0.39, 0.29) is 0 Å². The van der Waals surface area contributed by atoms with Gasteiger partial charge in [-0.1, -0.05) is 11.2 Å². The van der Waals surface area contributed by atoms with E-state index in [2.05, 4.69) is 5.16 Å². The highest BCUT2D eigenvalue weighted by atomic mass is 16.5. The van der Waals surface area contributed by atoms with E-state index in [1.807, 2.05) is 23.1 Å². The lowest BCUT2D eigenvalue weighted by Gasteiger charge is -2.35. The van der Waals surface area contributed by atoms with Crippen molar-refractivity contribution in [2.24, 2.45) is 0 Å². The Morgan fingerprint density at radius 1 is 1.44 bits per heavy atom. The van der Waals surface area contributed by atoms with Gasteiger partial charge >= 0.3 is 5.97 Å². The van der Waals surface area contributed by atoms with E-state index in [0.717, 1.165) is 30.5 Å². The van der Waals surface area contributed by atoms with Crippen LogP contribution in [-0.2, 0) is 4.79 Å². The van der Waals surface area contributed by atoms with Crippen LogP contribution in [-0.4, -0.2) is 28.8 Å². The third kappa shape index (κ3) is 1.72. The highest BCUT2D eigenvalue weighted by Gasteiger charge is 2.29.